The molecule has 3 N–H and O–H groups in total. The molecule has 0 saturated carbocycles. The Morgan fingerprint density at radius 2 is 2.14 bits per heavy atom. The Labute approximate surface area is 163 Å². The molecule has 1 atom stereocenters. The van der Waals surface area contributed by atoms with Crippen LogP contribution >= 0.6 is 0 Å². The van der Waals surface area contributed by atoms with Gasteiger partial charge in [-0.1, -0.05) is 13.8 Å². The molecule has 1 aromatic rings. The highest BCUT2D eigenvalue weighted by Gasteiger charge is 2.29. The second-order valence-corrected chi connectivity index (χ2v) is 7.14. The first-order chi connectivity index (χ1) is 13.2. The predicted octanol–water partition coefficient (Wildman–Crippen LogP) is 2.54. The van der Waals surface area contributed by atoms with Crippen molar-refractivity contribution in [3.05, 3.63) is 27.8 Å². The average molecular weight is 394 g/mol. The Kier molecular flexibility index (Phi) is 7.02. The van der Waals surface area contributed by atoms with E-state index in [0.29, 0.717) is 25.9 Å². The van der Waals surface area contributed by atoms with Crippen molar-refractivity contribution in [2.24, 2.45) is 5.92 Å². The van der Waals surface area contributed by atoms with E-state index in [1.807, 2.05) is 13.8 Å². The molecule has 28 heavy (non-hydrogen) atoms. The maximum Gasteiger partial charge on any atom is 0.404 e. The number of ether oxygens (including phenoxy) is 1. The summed E-state index contributed by atoms with van der Waals surface area (Å²) in [5, 5.41) is 25.9. The van der Waals surface area contributed by atoms with Crippen molar-refractivity contribution >= 4 is 23.4 Å². The van der Waals surface area contributed by atoms with Crippen molar-refractivity contribution < 1.29 is 24.4 Å². The summed E-state index contributed by atoms with van der Waals surface area (Å²) in [6.07, 6.45) is 0.138. The molecule has 10 heteroatoms. The Morgan fingerprint density at radius 3 is 2.71 bits per heavy atom. The smallest absolute Gasteiger partial charge is 0.404 e. The van der Waals surface area contributed by atoms with Crippen LogP contribution in [0.2, 0.25) is 0 Å². The van der Waals surface area contributed by atoms with Crippen molar-refractivity contribution in [3.8, 4) is 5.75 Å². The first-order valence-corrected chi connectivity index (χ1v) is 9.12. The van der Waals surface area contributed by atoms with Gasteiger partial charge in [0.2, 0.25) is 0 Å². The molecule has 2 rings (SSSR count). The normalized spacial score (nSPS) is 16.6. The van der Waals surface area contributed by atoms with Gasteiger partial charge in [-0.15, -0.1) is 0 Å². The zero-order chi connectivity index (χ0) is 20.8. The standard InChI is InChI=1S/C18H26N4O6/c1-11(2)9-19-16-14(22(26)27)7-12(8-15(16)28-3)17(23)21-6-4-5-13(10-21)20-18(24)25/h7-8,11,13,19-20H,4-6,9-10H2,1-3H3,(H,24,25). The van der Waals surface area contributed by atoms with Crippen molar-refractivity contribution in [1.82, 2.24) is 10.2 Å². The summed E-state index contributed by atoms with van der Waals surface area (Å²) in [4.78, 5) is 36.3. The van der Waals surface area contributed by atoms with Gasteiger partial charge in [0.25, 0.3) is 11.6 Å². The quantitative estimate of drug-likeness (QED) is 0.478. The van der Waals surface area contributed by atoms with E-state index in [-0.39, 0.29) is 41.2 Å². The van der Waals surface area contributed by atoms with Gasteiger partial charge in [0.05, 0.1) is 17.6 Å². The van der Waals surface area contributed by atoms with E-state index in [2.05, 4.69) is 10.6 Å². The van der Waals surface area contributed by atoms with E-state index in [0.717, 1.165) is 0 Å². The second-order valence-electron chi connectivity index (χ2n) is 7.14. The molecule has 0 bridgehead atoms. The lowest BCUT2D eigenvalue weighted by atomic mass is 10.0. The summed E-state index contributed by atoms with van der Waals surface area (Å²) >= 11 is 0. The number of amides is 2. The number of piperidine rings is 1. The summed E-state index contributed by atoms with van der Waals surface area (Å²) < 4.78 is 5.29. The van der Waals surface area contributed by atoms with Gasteiger partial charge in [-0.3, -0.25) is 14.9 Å². The van der Waals surface area contributed by atoms with Gasteiger partial charge in [0.1, 0.15) is 5.75 Å². The molecule has 1 aliphatic rings. The predicted molar refractivity (Wildman–Crippen MR) is 103 cm³/mol. The van der Waals surface area contributed by atoms with E-state index in [1.165, 1.54) is 24.1 Å². The molecule has 1 saturated heterocycles. The fourth-order valence-corrected chi connectivity index (χ4v) is 3.15. The number of nitro groups is 1. The van der Waals surface area contributed by atoms with Crippen LogP contribution in [0.25, 0.3) is 0 Å². The molecule has 1 unspecified atom stereocenters. The summed E-state index contributed by atoms with van der Waals surface area (Å²) in [6.45, 7) is 5.14. The van der Waals surface area contributed by atoms with Crippen molar-refractivity contribution in [2.45, 2.75) is 32.7 Å². The highest BCUT2D eigenvalue weighted by Crippen LogP contribution is 2.36. The third kappa shape index (κ3) is 5.24. The molecular weight excluding hydrogens is 368 g/mol. The van der Waals surface area contributed by atoms with Crippen LogP contribution in [0.3, 0.4) is 0 Å². The third-order valence-electron chi connectivity index (χ3n) is 4.47. The lowest BCUT2D eigenvalue weighted by Crippen LogP contribution is -2.49. The average Bonchev–Trinajstić information content (AvgIpc) is 2.64. The molecule has 1 fully saturated rings. The SMILES string of the molecule is COc1cc(C(=O)N2CCCC(NC(=O)O)C2)cc([N+](=O)[O-])c1NCC(C)C. The van der Waals surface area contributed by atoms with Crippen LogP contribution in [0.15, 0.2) is 12.1 Å². The number of anilines is 1. The van der Waals surface area contributed by atoms with E-state index in [1.54, 1.807) is 0 Å². The molecule has 0 radical (unpaired) electrons. The monoisotopic (exact) mass is 394 g/mol. The number of benzene rings is 1. The number of nitrogens with one attached hydrogen (secondary N) is 2. The molecule has 1 aromatic carbocycles. The Balaban J connectivity index is 2.31. The molecule has 0 spiro atoms. The number of hydrogen-bond donors (Lipinski definition) is 3. The van der Waals surface area contributed by atoms with Crippen LogP contribution in [0, 0.1) is 16.0 Å². The zero-order valence-corrected chi connectivity index (χ0v) is 16.2. The fraction of sp³-hybridized carbons (Fsp3) is 0.556. The molecular formula is C18H26N4O6. The van der Waals surface area contributed by atoms with Crippen LogP contribution in [0.1, 0.15) is 37.0 Å². The molecule has 1 heterocycles. The Bertz CT molecular complexity index is 752. The van der Waals surface area contributed by atoms with Crippen LogP contribution in [-0.2, 0) is 0 Å². The Hall–Kier alpha value is -3.04. The number of hydrogen-bond acceptors (Lipinski definition) is 6. The lowest BCUT2D eigenvalue weighted by molar-refractivity contribution is -0.384. The number of nitro benzene ring substituents is 1. The van der Waals surface area contributed by atoms with E-state index in [4.69, 9.17) is 9.84 Å². The minimum Gasteiger partial charge on any atom is -0.494 e. The van der Waals surface area contributed by atoms with Crippen molar-refractivity contribution in [1.29, 1.82) is 0 Å². The molecule has 0 aliphatic carbocycles. The summed E-state index contributed by atoms with van der Waals surface area (Å²) in [7, 11) is 1.39. The number of rotatable bonds is 7. The number of methoxy groups -OCH3 is 1. The minimum absolute atomic E-state index is 0.134. The number of carboxylic acid groups (broad SMARTS) is 1. The van der Waals surface area contributed by atoms with Gasteiger partial charge in [0.15, 0.2) is 5.69 Å². The second kappa shape index (κ2) is 9.25. The topological polar surface area (TPSA) is 134 Å². The van der Waals surface area contributed by atoms with E-state index >= 15 is 0 Å². The van der Waals surface area contributed by atoms with Gasteiger partial charge < -0.3 is 25.4 Å². The zero-order valence-electron chi connectivity index (χ0n) is 16.2. The van der Waals surface area contributed by atoms with Crippen LogP contribution in [0.4, 0.5) is 16.2 Å². The fourth-order valence-electron chi connectivity index (χ4n) is 3.15. The van der Waals surface area contributed by atoms with E-state index in [9.17, 15) is 19.7 Å². The number of likely N-dealkylation sites (tertiary alicyclic amines) is 1. The number of carbonyl (C=O) groups excluding carboxylic acids is 1. The van der Waals surface area contributed by atoms with Gasteiger partial charge >= 0.3 is 6.09 Å². The molecule has 154 valence electrons. The van der Waals surface area contributed by atoms with Crippen LogP contribution in [0.5, 0.6) is 5.75 Å². The van der Waals surface area contributed by atoms with Crippen molar-refractivity contribution in [2.75, 3.05) is 32.1 Å². The van der Waals surface area contributed by atoms with Gasteiger partial charge in [-0.05, 0) is 24.8 Å². The summed E-state index contributed by atoms with van der Waals surface area (Å²) in [6, 6.07) is 2.35. The van der Waals surface area contributed by atoms with E-state index < -0.39 is 16.9 Å². The molecule has 10 nitrogen and oxygen atoms in total. The largest absolute Gasteiger partial charge is 0.494 e. The van der Waals surface area contributed by atoms with Crippen LogP contribution in [-0.4, -0.2) is 59.7 Å². The maximum atomic E-state index is 12.9. The molecule has 2 amide bonds. The first-order valence-electron chi connectivity index (χ1n) is 9.12. The minimum atomic E-state index is -1.14. The molecule has 1 aliphatic heterocycles. The van der Waals surface area contributed by atoms with Gasteiger partial charge in [-0.25, -0.2) is 4.79 Å². The third-order valence-corrected chi connectivity index (χ3v) is 4.47. The van der Waals surface area contributed by atoms with Gasteiger partial charge in [-0.2, -0.15) is 0 Å². The molecule has 0 aromatic heterocycles. The Morgan fingerprint density at radius 1 is 1.43 bits per heavy atom. The van der Waals surface area contributed by atoms with Crippen LogP contribution < -0.4 is 15.4 Å². The first kappa shape index (κ1) is 21.3. The number of nitrogens with zero attached hydrogens (tertiary/aromatic N) is 2. The lowest BCUT2D eigenvalue weighted by Gasteiger charge is -2.32. The maximum absolute atomic E-state index is 12.9. The van der Waals surface area contributed by atoms with Crippen molar-refractivity contribution in [3.63, 3.8) is 0 Å². The highest BCUT2D eigenvalue weighted by molar-refractivity contribution is 5.97. The summed E-state index contributed by atoms with van der Waals surface area (Å²) in [5.74, 6) is 0.0850. The number of carbonyl (C=O) groups is 2. The summed E-state index contributed by atoms with van der Waals surface area (Å²) in [5.41, 5.74) is 0.136. The van der Waals surface area contributed by atoms with Gasteiger partial charge in [0, 0.05) is 31.7 Å². The highest BCUT2D eigenvalue weighted by atomic mass is 16.6.